The maximum absolute atomic E-state index is 11.5. The van der Waals surface area contributed by atoms with Crippen molar-refractivity contribution >= 4 is 5.91 Å². The van der Waals surface area contributed by atoms with Crippen LogP contribution in [0.2, 0.25) is 0 Å². The van der Waals surface area contributed by atoms with Crippen molar-refractivity contribution in [3.63, 3.8) is 0 Å². The molecule has 0 saturated carbocycles. The van der Waals surface area contributed by atoms with Crippen LogP contribution in [0.25, 0.3) is 0 Å². The van der Waals surface area contributed by atoms with E-state index in [-0.39, 0.29) is 11.9 Å². The van der Waals surface area contributed by atoms with Crippen molar-refractivity contribution in [1.29, 1.82) is 0 Å². The van der Waals surface area contributed by atoms with Gasteiger partial charge < -0.3 is 14.8 Å². The van der Waals surface area contributed by atoms with Crippen molar-refractivity contribution < 1.29 is 14.3 Å². The standard InChI is InChI=1S/C14H19NO3/c1-10-3-4-11(2)13(7-10)18-6-5-14(16)15-12-8-17-9-12/h3-4,7,12H,5-6,8-9H2,1-2H3,(H,15,16). The van der Waals surface area contributed by atoms with Gasteiger partial charge in [0.15, 0.2) is 0 Å². The number of nitrogens with one attached hydrogen (secondary N) is 1. The molecule has 1 heterocycles. The van der Waals surface area contributed by atoms with Crippen LogP contribution in [0.5, 0.6) is 5.75 Å². The Morgan fingerprint density at radius 1 is 1.44 bits per heavy atom. The summed E-state index contributed by atoms with van der Waals surface area (Å²) in [7, 11) is 0. The lowest BCUT2D eigenvalue weighted by Gasteiger charge is -2.26. The van der Waals surface area contributed by atoms with Gasteiger partial charge in [0.1, 0.15) is 5.75 Å². The van der Waals surface area contributed by atoms with Gasteiger partial charge >= 0.3 is 0 Å². The van der Waals surface area contributed by atoms with Crippen molar-refractivity contribution in [3.05, 3.63) is 29.3 Å². The van der Waals surface area contributed by atoms with Gasteiger partial charge in [-0.15, -0.1) is 0 Å². The highest BCUT2D eigenvalue weighted by Gasteiger charge is 2.19. The average Bonchev–Trinajstić information content (AvgIpc) is 2.28. The SMILES string of the molecule is Cc1ccc(C)c(OCCC(=O)NC2COC2)c1. The van der Waals surface area contributed by atoms with E-state index < -0.39 is 0 Å². The minimum absolute atomic E-state index is 0.0219. The Balaban J connectivity index is 1.73. The van der Waals surface area contributed by atoms with Gasteiger partial charge in [-0.1, -0.05) is 12.1 Å². The van der Waals surface area contributed by atoms with Gasteiger partial charge in [0, 0.05) is 0 Å². The maximum atomic E-state index is 11.5. The lowest BCUT2D eigenvalue weighted by molar-refractivity contribution is -0.125. The molecule has 4 nitrogen and oxygen atoms in total. The molecule has 0 spiro atoms. The molecule has 1 N–H and O–H groups in total. The van der Waals surface area contributed by atoms with Crippen LogP contribution in [0.1, 0.15) is 17.5 Å². The first kappa shape index (κ1) is 12.9. The molecule has 0 aromatic heterocycles. The summed E-state index contributed by atoms with van der Waals surface area (Å²) in [5.41, 5.74) is 2.25. The number of aryl methyl sites for hydroxylation is 2. The zero-order valence-electron chi connectivity index (χ0n) is 10.9. The molecule has 1 fully saturated rings. The molecule has 1 aromatic carbocycles. The molecule has 1 amide bonds. The lowest BCUT2D eigenvalue weighted by Crippen LogP contribution is -2.48. The van der Waals surface area contributed by atoms with Crippen molar-refractivity contribution in [2.75, 3.05) is 19.8 Å². The number of amides is 1. The van der Waals surface area contributed by atoms with Crippen LogP contribution >= 0.6 is 0 Å². The number of rotatable bonds is 5. The smallest absolute Gasteiger partial charge is 0.223 e. The van der Waals surface area contributed by atoms with Gasteiger partial charge in [0.25, 0.3) is 0 Å². The normalized spacial score (nSPS) is 15.0. The van der Waals surface area contributed by atoms with Gasteiger partial charge in [-0.25, -0.2) is 0 Å². The number of hydrogen-bond donors (Lipinski definition) is 1. The van der Waals surface area contributed by atoms with Gasteiger partial charge in [-0.2, -0.15) is 0 Å². The summed E-state index contributed by atoms with van der Waals surface area (Å²) >= 11 is 0. The van der Waals surface area contributed by atoms with E-state index in [0.29, 0.717) is 26.2 Å². The van der Waals surface area contributed by atoms with Gasteiger partial charge in [-0.05, 0) is 31.0 Å². The molecule has 1 aliphatic rings. The molecule has 98 valence electrons. The Hall–Kier alpha value is -1.55. The van der Waals surface area contributed by atoms with E-state index in [1.54, 1.807) is 0 Å². The summed E-state index contributed by atoms with van der Waals surface area (Å²) in [6, 6.07) is 6.26. The summed E-state index contributed by atoms with van der Waals surface area (Å²) in [4.78, 5) is 11.5. The third kappa shape index (κ3) is 3.47. The van der Waals surface area contributed by atoms with E-state index >= 15 is 0 Å². The summed E-state index contributed by atoms with van der Waals surface area (Å²) in [5, 5.41) is 2.88. The minimum atomic E-state index is 0.0219. The van der Waals surface area contributed by atoms with E-state index in [4.69, 9.17) is 9.47 Å². The third-order valence-corrected chi connectivity index (χ3v) is 2.93. The fraction of sp³-hybridized carbons (Fsp3) is 0.500. The van der Waals surface area contributed by atoms with E-state index in [1.807, 2.05) is 32.0 Å². The summed E-state index contributed by atoms with van der Waals surface area (Å²) < 4.78 is 10.6. The molecule has 2 rings (SSSR count). The van der Waals surface area contributed by atoms with Crippen LogP contribution in [0.3, 0.4) is 0 Å². The summed E-state index contributed by atoms with van der Waals surface area (Å²) in [6.45, 7) is 5.69. The highest BCUT2D eigenvalue weighted by molar-refractivity contribution is 5.76. The largest absolute Gasteiger partial charge is 0.493 e. The Bertz CT molecular complexity index is 427. The topological polar surface area (TPSA) is 47.6 Å². The number of ether oxygens (including phenoxy) is 2. The highest BCUT2D eigenvalue weighted by Crippen LogP contribution is 2.19. The summed E-state index contributed by atoms with van der Waals surface area (Å²) in [5.74, 6) is 0.878. The molecular weight excluding hydrogens is 230 g/mol. The zero-order chi connectivity index (χ0) is 13.0. The van der Waals surface area contributed by atoms with Crippen LogP contribution in [-0.4, -0.2) is 31.8 Å². The molecule has 1 aliphatic heterocycles. The molecule has 0 radical (unpaired) electrons. The van der Waals surface area contributed by atoms with Crippen molar-refractivity contribution in [1.82, 2.24) is 5.32 Å². The first-order valence-electron chi connectivity index (χ1n) is 6.22. The predicted octanol–water partition coefficient (Wildman–Crippen LogP) is 1.59. The molecule has 18 heavy (non-hydrogen) atoms. The van der Waals surface area contributed by atoms with Crippen LogP contribution in [0.15, 0.2) is 18.2 Å². The zero-order valence-corrected chi connectivity index (χ0v) is 10.9. The quantitative estimate of drug-likeness (QED) is 0.862. The molecule has 1 aromatic rings. The molecule has 0 aliphatic carbocycles. The van der Waals surface area contributed by atoms with E-state index in [1.165, 1.54) is 0 Å². The Morgan fingerprint density at radius 2 is 2.22 bits per heavy atom. The van der Waals surface area contributed by atoms with Gasteiger partial charge in [0.2, 0.25) is 5.91 Å². The van der Waals surface area contributed by atoms with Crippen molar-refractivity contribution in [2.45, 2.75) is 26.3 Å². The summed E-state index contributed by atoms with van der Waals surface area (Å²) in [6.07, 6.45) is 0.379. The monoisotopic (exact) mass is 249 g/mol. The van der Waals surface area contributed by atoms with Crippen molar-refractivity contribution in [3.8, 4) is 5.75 Å². The van der Waals surface area contributed by atoms with Crippen LogP contribution in [0, 0.1) is 13.8 Å². The molecular formula is C14H19NO3. The van der Waals surface area contributed by atoms with Gasteiger partial charge in [-0.3, -0.25) is 4.79 Å². The predicted molar refractivity (Wildman–Crippen MR) is 68.8 cm³/mol. The molecule has 0 atom stereocenters. The minimum Gasteiger partial charge on any atom is -0.493 e. The van der Waals surface area contributed by atoms with E-state index in [2.05, 4.69) is 5.32 Å². The number of hydrogen-bond acceptors (Lipinski definition) is 3. The Morgan fingerprint density at radius 3 is 2.89 bits per heavy atom. The second-order valence-corrected chi connectivity index (χ2v) is 4.67. The highest BCUT2D eigenvalue weighted by atomic mass is 16.5. The fourth-order valence-corrected chi connectivity index (χ4v) is 1.74. The van der Waals surface area contributed by atoms with Crippen molar-refractivity contribution in [2.24, 2.45) is 0 Å². The number of carbonyl (C=O) groups is 1. The third-order valence-electron chi connectivity index (χ3n) is 2.93. The molecule has 0 bridgehead atoms. The number of benzene rings is 1. The van der Waals surface area contributed by atoms with E-state index in [0.717, 1.165) is 16.9 Å². The molecule has 4 heteroatoms. The molecule has 0 unspecified atom stereocenters. The van der Waals surface area contributed by atoms with Gasteiger partial charge in [0.05, 0.1) is 32.3 Å². The lowest BCUT2D eigenvalue weighted by atomic mass is 10.1. The van der Waals surface area contributed by atoms with Crippen LogP contribution in [-0.2, 0) is 9.53 Å². The maximum Gasteiger partial charge on any atom is 0.223 e. The van der Waals surface area contributed by atoms with E-state index in [9.17, 15) is 4.79 Å². The Labute approximate surface area is 107 Å². The first-order chi connectivity index (χ1) is 8.65. The second kappa shape index (κ2) is 5.87. The molecule has 1 saturated heterocycles. The van der Waals surface area contributed by atoms with Crippen LogP contribution < -0.4 is 10.1 Å². The second-order valence-electron chi connectivity index (χ2n) is 4.67. The Kier molecular flexibility index (Phi) is 4.20. The van der Waals surface area contributed by atoms with Crippen LogP contribution in [0.4, 0.5) is 0 Å². The fourth-order valence-electron chi connectivity index (χ4n) is 1.74. The first-order valence-corrected chi connectivity index (χ1v) is 6.22. The number of carbonyl (C=O) groups excluding carboxylic acids is 1. The average molecular weight is 249 g/mol.